The number of carbonyl (C=O) groups is 2. The summed E-state index contributed by atoms with van der Waals surface area (Å²) in [5.41, 5.74) is 5.29. The van der Waals surface area contributed by atoms with Crippen LogP contribution in [-0.2, 0) is 6.42 Å². The molecule has 0 aliphatic carbocycles. The summed E-state index contributed by atoms with van der Waals surface area (Å²) >= 11 is 0. The Labute approximate surface area is 231 Å². The first kappa shape index (κ1) is 26.4. The Balaban J connectivity index is 1.50. The van der Waals surface area contributed by atoms with Gasteiger partial charge in [-0.2, -0.15) is 0 Å². The average molecular weight is 517 g/mol. The maximum Gasteiger partial charge on any atom is 0.258 e. The second-order valence-electron chi connectivity index (χ2n) is 10.4. The quantitative estimate of drug-likeness (QED) is 0.221. The van der Waals surface area contributed by atoms with Crippen molar-refractivity contribution in [2.24, 2.45) is 0 Å². The zero-order valence-electron chi connectivity index (χ0n) is 22.8. The van der Waals surface area contributed by atoms with Gasteiger partial charge in [0.15, 0.2) is 0 Å². The molecule has 2 amide bonds. The van der Waals surface area contributed by atoms with Crippen LogP contribution >= 0.6 is 0 Å². The Morgan fingerprint density at radius 1 is 0.769 bits per heavy atom. The first-order valence-corrected chi connectivity index (χ1v) is 14.0. The molecular formula is C35H36N2O2. The summed E-state index contributed by atoms with van der Waals surface area (Å²) in [5.74, 6) is -0.0543. The Morgan fingerprint density at radius 3 is 2.10 bits per heavy atom. The molecule has 5 rings (SSSR count). The maximum absolute atomic E-state index is 14.0. The molecular weight excluding hydrogens is 480 g/mol. The number of unbranched alkanes of at least 4 members (excludes halogenated alkanes) is 2. The summed E-state index contributed by atoms with van der Waals surface area (Å²) in [4.78, 5) is 31.7. The SMILES string of the molecule is CCCCCc1ccc(C(=O)N2c3ccccc3C(N(C(=O)c3ccccc3)c3ccccc3)CC2C)cc1. The zero-order valence-corrected chi connectivity index (χ0v) is 22.8. The largest absolute Gasteiger partial charge is 0.305 e. The molecule has 39 heavy (non-hydrogen) atoms. The first-order chi connectivity index (χ1) is 19.1. The molecule has 0 radical (unpaired) electrons. The second-order valence-corrected chi connectivity index (χ2v) is 10.4. The lowest BCUT2D eigenvalue weighted by molar-refractivity contribution is 0.0965. The topological polar surface area (TPSA) is 40.6 Å². The minimum absolute atomic E-state index is 0.00541. The molecule has 2 unspecified atom stereocenters. The van der Waals surface area contributed by atoms with Crippen LogP contribution in [0.3, 0.4) is 0 Å². The van der Waals surface area contributed by atoms with Crippen molar-refractivity contribution in [1.82, 2.24) is 0 Å². The summed E-state index contributed by atoms with van der Waals surface area (Å²) in [6.45, 7) is 4.29. The molecule has 1 aliphatic heterocycles. The summed E-state index contributed by atoms with van der Waals surface area (Å²) in [7, 11) is 0. The van der Waals surface area contributed by atoms with Crippen LogP contribution in [-0.4, -0.2) is 17.9 Å². The van der Waals surface area contributed by atoms with Crippen molar-refractivity contribution in [2.45, 2.75) is 58.0 Å². The molecule has 4 aromatic rings. The van der Waals surface area contributed by atoms with Crippen molar-refractivity contribution < 1.29 is 9.59 Å². The molecule has 0 aromatic heterocycles. The molecule has 0 spiro atoms. The molecule has 0 bridgehead atoms. The zero-order chi connectivity index (χ0) is 27.2. The molecule has 198 valence electrons. The van der Waals surface area contributed by atoms with Gasteiger partial charge in [0, 0.05) is 28.5 Å². The highest BCUT2D eigenvalue weighted by Gasteiger charge is 2.39. The van der Waals surface area contributed by atoms with Crippen LogP contribution in [0.2, 0.25) is 0 Å². The standard InChI is InChI=1S/C35H36N2O2/c1-3-4-7-14-27-21-23-29(24-22-27)34(38)36-26(2)25-33(31-19-12-13-20-32(31)36)37(30-17-10-6-11-18-30)35(39)28-15-8-5-9-16-28/h5-6,8-13,15-24,26,33H,3-4,7,14,25H2,1-2H3. The fourth-order valence-corrected chi connectivity index (χ4v) is 5.62. The van der Waals surface area contributed by atoms with Crippen LogP contribution in [0.4, 0.5) is 11.4 Å². The molecule has 0 N–H and O–H groups in total. The smallest absolute Gasteiger partial charge is 0.258 e. The van der Waals surface area contributed by atoms with E-state index in [2.05, 4.69) is 32.0 Å². The van der Waals surface area contributed by atoms with Gasteiger partial charge in [-0.1, -0.05) is 86.5 Å². The Kier molecular flexibility index (Phi) is 8.21. The maximum atomic E-state index is 14.0. The van der Waals surface area contributed by atoms with E-state index in [1.54, 1.807) is 0 Å². The van der Waals surface area contributed by atoms with Gasteiger partial charge in [-0.05, 0) is 79.8 Å². The minimum Gasteiger partial charge on any atom is -0.305 e. The van der Waals surface area contributed by atoms with Crippen LogP contribution in [0.1, 0.15) is 77.4 Å². The summed E-state index contributed by atoms with van der Waals surface area (Å²) < 4.78 is 0. The number of aryl methyl sites for hydroxylation is 1. The predicted molar refractivity (Wildman–Crippen MR) is 159 cm³/mol. The van der Waals surface area contributed by atoms with Gasteiger partial charge in [-0.25, -0.2) is 0 Å². The molecule has 4 aromatic carbocycles. The molecule has 1 heterocycles. The van der Waals surface area contributed by atoms with Gasteiger partial charge in [0.1, 0.15) is 0 Å². The fourth-order valence-electron chi connectivity index (χ4n) is 5.62. The molecule has 4 nitrogen and oxygen atoms in total. The molecule has 0 fully saturated rings. The van der Waals surface area contributed by atoms with E-state index in [-0.39, 0.29) is 23.9 Å². The normalized spacial score (nSPS) is 16.4. The van der Waals surface area contributed by atoms with E-state index in [9.17, 15) is 9.59 Å². The van der Waals surface area contributed by atoms with Gasteiger partial charge in [0.25, 0.3) is 11.8 Å². The number of benzene rings is 4. The predicted octanol–water partition coefficient (Wildman–Crippen LogP) is 8.25. The van der Waals surface area contributed by atoms with Gasteiger partial charge in [-0.3, -0.25) is 9.59 Å². The molecule has 1 aliphatic rings. The number of amides is 2. The van der Waals surface area contributed by atoms with Gasteiger partial charge >= 0.3 is 0 Å². The number of rotatable bonds is 8. The summed E-state index contributed by atoms with van der Waals surface area (Å²) in [6, 6.07) is 35.1. The Morgan fingerprint density at radius 2 is 1.41 bits per heavy atom. The van der Waals surface area contributed by atoms with Crippen LogP contribution in [0.5, 0.6) is 0 Å². The number of carbonyl (C=O) groups excluding carboxylic acids is 2. The lowest BCUT2D eigenvalue weighted by Crippen LogP contribution is -2.47. The molecule has 0 saturated carbocycles. The van der Waals surface area contributed by atoms with E-state index in [0.29, 0.717) is 17.5 Å². The van der Waals surface area contributed by atoms with Gasteiger partial charge in [0.05, 0.1) is 6.04 Å². The molecule has 0 saturated heterocycles. The van der Waals surface area contributed by atoms with Crippen molar-refractivity contribution in [3.63, 3.8) is 0 Å². The third kappa shape index (κ3) is 5.65. The van der Waals surface area contributed by atoms with Crippen molar-refractivity contribution in [3.05, 3.63) is 131 Å². The number of nitrogens with zero attached hydrogens (tertiary/aromatic N) is 2. The van der Waals surface area contributed by atoms with Gasteiger partial charge < -0.3 is 9.80 Å². The van der Waals surface area contributed by atoms with Crippen LogP contribution in [0.15, 0.2) is 109 Å². The van der Waals surface area contributed by atoms with E-state index in [1.807, 2.05) is 101 Å². The van der Waals surface area contributed by atoms with Crippen molar-refractivity contribution in [2.75, 3.05) is 9.80 Å². The van der Waals surface area contributed by atoms with E-state index >= 15 is 0 Å². The third-order valence-electron chi connectivity index (χ3n) is 7.63. The Bertz CT molecular complexity index is 1400. The fraction of sp³-hybridized carbons (Fsp3) is 0.257. The van der Waals surface area contributed by atoms with E-state index in [1.165, 1.54) is 24.8 Å². The lowest BCUT2D eigenvalue weighted by atomic mass is 9.89. The highest BCUT2D eigenvalue weighted by molar-refractivity contribution is 6.09. The highest BCUT2D eigenvalue weighted by atomic mass is 16.2. The van der Waals surface area contributed by atoms with Crippen LogP contribution in [0.25, 0.3) is 0 Å². The third-order valence-corrected chi connectivity index (χ3v) is 7.63. The van der Waals surface area contributed by atoms with Crippen LogP contribution in [0, 0.1) is 0 Å². The lowest BCUT2D eigenvalue weighted by Gasteiger charge is -2.43. The monoisotopic (exact) mass is 516 g/mol. The van der Waals surface area contributed by atoms with Gasteiger partial charge in [0.2, 0.25) is 0 Å². The van der Waals surface area contributed by atoms with E-state index in [4.69, 9.17) is 0 Å². The highest BCUT2D eigenvalue weighted by Crippen LogP contribution is 2.43. The number of para-hydroxylation sites is 2. The van der Waals surface area contributed by atoms with Gasteiger partial charge in [-0.15, -0.1) is 0 Å². The minimum atomic E-state index is -0.212. The number of hydrogen-bond acceptors (Lipinski definition) is 2. The average Bonchev–Trinajstić information content (AvgIpc) is 2.98. The van der Waals surface area contributed by atoms with E-state index < -0.39 is 0 Å². The second kappa shape index (κ2) is 12.1. The first-order valence-electron chi connectivity index (χ1n) is 14.0. The number of hydrogen-bond donors (Lipinski definition) is 0. The summed E-state index contributed by atoms with van der Waals surface area (Å²) in [6.07, 6.45) is 5.25. The van der Waals surface area contributed by atoms with Crippen molar-refractivity contribution >= 4 is 23.2 Å². The van der Waals surface area contributed by atoms with Crippen LogP contribution < -0.4 is 9.80 Å². The number of fused-ring (bicyclic) bond motifs is 1. The molecule has 4 heteroatoms. The van der Waals surface area contributed by atoms with E-state index in [0.717, 1.165) is 23.4 Å². The number of anilines is 2. The van der Waals surface area contributed by atoms with Crippen molar-refractivity contribution in [1.29, 1.82) is 0 Å². The summed E-state index contributed by atoms with van der Waals surface area (Å²) in [5, 5.41) is 0. The van der Waals surface area contributed by atoms with Crippen molar-refractivity contribution in [3.8, 4) is 0 Å². The Hall–Kier alpha value is -4.18. The molecule has 2 atom stereocenters.